The highest BCUT2D eigenvalue weighted by Crippen LogP contribution is 1.56. The van der Waals surface area contributed by atoms with E-state index in [1.807, 2.05) is 5.32 Å². The third-order valence-corrected chi connectivity index (χ3v) is 0.471. The van der Waals surface area contributed by atoms with Gasteiger partial charge in [0.05, 0.1) is 6.04 Å². The Hall–Kier alpha value is -0.0400. The smallest absolute Gasteiger partial charge is 0.0562 e. The summed E-state index contributed by atoms with van der Waals surface area (Å²) in [6.07, 6.45) is 0. The monoisotopic (exact) mass is 73.1 g/mol. The Bertz CT molecular complexity index is 17.6. The lowest BCUT2D eigenvalue weighted by atomic mass is 10.4. The highest BCUT2D eigenvalue weighted by molar-refractivity contribution is 4.22. The molecule has 0 rings (SSSR count). The van der Waals surface area contributed by atoms with Gasteiger partial charge in [0.2, 0.25) is 0 Å². The van der Waals surface area contributed by atoms with Crippen molar-refractivity contribution in [2.45, 2.75) is 19.9 Å². The van der Waals surface area contributed by atoms with Crippen molar-refractivity contribution in [1.82, 2.24) is 0 Å². The first-order chi connectivity index (χ1) is 2.27. The Labute approximate surface area is 33.4 Å². The normalized spacial score (nSPS) is 9.60. The molecule has 0 saturated carbocycles. The molecule has 0 fully saturated rings. The molecule has 1 nitrogen and oxygen atoms in total. The van der Waals surface area contributed by atoms with E-state index in [9.17, 15) is 0 Å². The first-order valence-electron chi connectivity index (χ1n) is 1.90. The molecule has 0 saturated heterocycles. The first-order valence-corrected chi connectivity index (χ1v) is 1.90. The number of hydrogen-bond acceptors (Lipinski definition) is 0. The van der Waals surface area contributed by atoms with Crippen LogP contribution in [0.15, 0.2) is 0 Å². The van der Waals surface area contributed by atoms with Crippen LogP contribution in [0.2, 0.25) is 0 Å². The van der Waals surface area contributed by atoms with E-state index in [2.05, 4.69) is 20.9 Å². The lowest BCUT2D eigenvalue weighted by Crippen LogP contribution is -2.81. The van der Waals surface area contributed by atoms with Gasteiger partial charge in [0.15, 0.2) is 0 Å². The van der Waals surface area contributed by atoms with Crippen molar-refractivity contribution < 1.29 is 5.32 Å². The minimum absolute atomic E-state index is 0.648. The van der Waals surface area contributed by atoms with Crippen LogP contribution in [-0.2, 0) is 0 Å². The van der Waals surface area contributed by atoms with E-state index in [1.165, 1.54) is 0 Å². The van der Waals surface area contributed by atoms with Crippen molar-refractivity contribution in [3.8, 4) is 0 Å². The second kappa shape index (κ2) is 2.21. The minimum atomic E-state index is 0.648. The van der Waals surface area contributed by atoms with Gasteiger partial charge in [-0.2, -0.15) is 7.05 Å². The highest BCUT2D eigenvalue weighted by Gasteiger charge is 1.76. The molecule has 0 unspecified atom stereocenters. The van der Waals surface area contributed by atoms with Gasteiger partial charge in [-0.25, -0.2) is 0 Å². The van der Waals surface area contributed by atoms with E-state index in [0.717, 1.165) is 0 Å². The van der Waals surface area contributed by atoms with Crippen LogP contribution in [0.1, 0.15) is 13.8 Å². The van der Waals surface area contributed by atoms with Gasteiger partial charge in [-0.3, -0.25) is 0 Å². The quantitative estimate of drug-likeness (QED) is 0.412. The SMILES string of the molecule is [CH2-][NH2+]C(C)C. The molecule has 0 aliphatic rings. The maximum Gasteiger partial charge on any atom is 0.0562 e. The summed E-state index contributed by atoms with van der Waals surface area (Å²) < 4.78 is 0. The largest absolute Gasteiger partial charge is 0.477 e. The summed E-state index contributed by atoms with van der Waals surface area (Å²) >= 11 is 0. The molecule has 0 aromatic heterocycles. The molecule has 0 atom stereocenters. The Kier molecular flexibility index (Phi) is 2.19. The number of rotatable bonds is 1. The van der Waals surface area contributed by atoms with Gasteiger partial charge in [0.25, 0.3) is 0 Å². The zero-order valence-corrected chi connectivity index (χ0v) is 3.86. The molecule has 2 N–H and O–H groups in total. The van der Waals surface area contributed by atoms with Crippen molar-refractivity contribution in [2.75, 3.05) is 0 Å². The third-order valence-electron chi connectivity index (χ3n) is 0.471. The second-order valence-electron chi connectivity index (χ2n) is 1.48. The van der Waals surface area contributed by atoms with E-state index in [-0.39, 0.29) is 0 Å². The summed E-state index contributed by atoms with van der Waals surface area (Å²) in [5, 5.41) is 1.92. The fourth-order valence-electron chi connectivity index (χ4n) is 0. The van der Waals surface area contributed by atoms with Crippen molar-refractivity contribution in [3.05, 3.63) is 7.05 Å². The van der Waals surface area contributed by atoms with Crippen LogP contribution in [0.5, 0.6) is 0 Å². The summed E-state index contributed by atoms with van der Waals surface area (Å²) in [4.78, 5) is 0. The van der Waals surface area contributed by atoms with Gasteiger partial charge >= 0.3 is 0 Å². The third kappa shape index (κ3) is 3.96. The molecule has 1 heteroatoms. The van der Waals surface area contributed by atoms with Crippen molar-refractivity contribution in [2.24, 2.45) is 0 Å². The van der Waals surface area contributed by atoms with Crippen molar-refractivity contribution in [3.63, 3.8) is 0 Å². The highest BCUT2D eigenvalue weighted by atomic mass is 14.8. The van der Waals surface area contributed by atoms with Crippen LogP contribution < -0.4 is 5.32 Å². The van der Waals surface area contributed by atoms with E-state index in [4.69, 9.17) is 0 Å². The van der Waals surface area contributed by atoms with Crippen LogP contribution in [0.4, 0.5) is 0 Å². The fraction of sp³-hybridized carbons (Fsp3) is 0.750. The molecule has 0 aliphatic heterocycles. The van der Waals surface area contributed by atoms with Crippen molar-refractivity contribution in [1.29, 1.82) is 0 Å². The summed E-state index contributed by atoms with van der Waals surface area (Å²) in [7, 11) is 3.56. The molecule has 0 bridgehead atoms. The molecule has 0 amide bonds. The number of hydrogen-bond donors (Lipinski definition) is 1. The minimum Gasteiger partial charge on any atom is -0.477 e. The maximum absolute atomic E-state index is 3.56. The Morgan fingerprint density at radius 1 is 1.60 bits per heavy atom. The fourth-order valence-corrected chi connectivity index (χ4v) is 0. The van der Waals surface area contributed by atoms with E-state index in [0.29, 0.717) is 6.04 Å². The van der Waals surface area contributed by atoms with Gasteiger partial charge in [-0.05, 0) is 13.8 Å². The molecular formula is C4H11N. The Morgan fingerprint density at radius 2 is 1.80 bits per heavy atom. The van der Waals surface area contributed by atoms with E-state index >= 15 is 0 Å². The lowest BCUT2D eigenvalue weighted by Gasteiger charge is -1.99. The average Bonchev–Trinajstić information content (AvgIpc) is 1.38. The Balaban J connectivity index is 2.54. The summed E-state index contributed by atoms with van der Waals surface area (Å²) in [6, 6.07) is 0.648. The molecule has 0 aliphatic carbocycles. The molecule has 0 spiro atoms. The number of quaternary nitrogens is 1. The second-order valence-corrected chi connectivity index (χ2v) is 1.48. The van der Waals surface area contributed by atoms with Gasteiger partial charge in [-0.15, -0.1) is 0 Å². The summed E-state index contributed by atoms with van der Waals surface area (Å²) in [6.45, 7) is 4.21. The maximum atomic E-state index is 3.56. The zero-order valence-electron chi connectivity index (χ0n) is 3.86. The molecule has 0 aromatic carbocycles. The summed E-state index contributed by atoms with van der Waals surface area (Å²) in [5.74, 6) is 0. The molecule has 0 heterocycles. The molecule has 0 aromatic rings. The topological polar surface area (TPSA) is 16.6 Å². The van der Waals surface area contributed by atoms with Gasteiger partial charge < -0.3 is 5.32 Å². The van der Waals surface area contributed by atoms with Crippen molar-refractivity contribution >= 4 is 0 Å². The molecule has 32 valence electrons. The van der Waals surface area contributed by atoms with E-state index < -0.39 is 0 Å². The molecular weight excluding hydrogens is 62.1 g/mol. The number of nitrogens with two attached hydrogens (primary N) is 1. The van der Waals surface area contributed by atoms with Gasteiger partial charge in [0, 0.05) is 0 Å². The Morgan fingerprint density at radius 3 is 1.80 bits per heavy atom. The van der Waals surface area contributed by atoms with Crippen LogP contribution in [-0.4, -0.2) is 6.04 Å². The lowest BCUT2D eigenvalue weighted by molar-refractivity contribution is -0.626. The summed E-state index contributed by atoms with van der Waals surface area (Å²) in [5.41, 5.74) is 0. The predicted molar refractivity (Wildman–Crippen MR) is 22.4 cm³/mol. The van der Waals surface area contributed by atoms with Crippen LogP contribution in [0, 0.1) is 7.05 Å². The van der Waals surface area contributed by atoms with Crippen LogP contribution in [0.25, 0.3) is 0 Å². The average molecular weight is 73.1 g/mol. The van der Waals surface area contributed by atoms with E-state index in [1.54, 1.807) is 0 Å². The first kappa shape index (κ1) is 4.96. The molecule has 5 heavy (non-hydrogen) atoms. The van der Waals surface area contributed by atoms with Crippen LogP contribution in [0.3, 0.4) is 0 Å². The van der Waals surface area contributed by atoms with Gasteiger partial charge in [0.1, 0.15) is 0 Å². The van der Waals surface area contributed by atoms with Gasteiger partial charge in [-0.1, -0.05) is 0 Å². The van der Waals surface area contributed by atoms with Crippen LogP contribution >= 0.6 is 0 Å². The standard InChI is InChI=1S/C4H11N/c1-4(2)5-3/h4H,3,5H2,1-2H3. The zero-order chi connectivity index (χ0) is 4.28. The molecule has 0 radical (unpaired) electrons. The predicted octanol–water partition coefficient (Wildman–Crippen LogP) is -0.250.